The average Bonchev–Trinajstić information content (AvgIpc) is 2.94. The summed E-state index contributed by atoms with van der Waals surface area (Å²) in [6.45, 7) is 2.94. The number of fused-ring (bicyclic) bond motifs is 1. The molecule has 21 heavy (non-hydrogen) atoms. The average molecular weight is 300 g/mol. The van der Waals surface area contributed by atoms with Gasteiger partial charge in [0, 0.05) is 12.2 Å². The Morgan fingerprint density at radius 3 is 3.05 bits per heavy atom. The summed E-state index contributed by atoms with van der Waals surface area (Å²) >= 11 is 1.71. The zero-order chi connectivity index (χ0) is 14.7. The number of nitrogens with zero attached hydrogens (tertiary/aromatic N) is 1. The monoisotopic (exact) mass is 300 g/mol. The van der Waals surface area contributed by atoms with Gasteiger partial charge in [0.05, 0.1) is 10.2 Å². The van der Waals surface area contributed by atoms with Crippen LogP contribution in [0.5, 0.6) is 0 Å². The highest BCUT2D eigenvalue weighted by atomic mass is 32.1. The van der Waals surface area contributed by atoms with Gasteiger partial charge in [-0.3, -0.25) is 4.98 Å². The van der Waals surface area contributed by atoms with Crippen LogP contribution in [-0.4, -0.2) is 11.5 Å². The van der Waals surface area contributed by atoms with Gasteiger partial charge >= 0.3 is 0 Å². The number of hydrogen-bond donors (Lipinski definition) is 1. The second kappa shape index (κ2) is 6.33. The molecule has 1 aromatic carbocycles. The molecule has 0 spiro atoms. The van der Waals surface area contributed by atoms with Crippen LogP contribution in [0.1, 0.15) is 24.1 Å². The lowest BCUT2D eigenvalue weighted by molar-refractivity contribution is 0.573. The van der Waals surface area contributed by atoms with Crippen LogP contribution in [0.4, 0.5) is 4.39 Å². The van der Waals surface area contributed by atoms with E-state index in [1.54, 1.807) is 23.5 Å². The largest absolute Gasteiger partial charge is 0.310 e. The first kappa shape index (κ1) is 14.2. The van der Waals surface area contributed by atoms with E-state index in [1.807, 2.05) is 18.3 Å². The van der Waals surface area contributed by atoms with E-state index in [1.165, 1.54) is 16.3 Å². The van der Waals surface area contributed by atoms with E-state index in [0.29, 0.717) is 0 Å². The molecule has 0 fully saturated rings. The first-order chi connectivity index (χ1) is 10.2. The molecule has 1 unspecified atom stereocenters. The van der Waals surface area contributed by atoms with Gasteiger partial charge in [-0.2, -0.15) is 0 Å². The van der Waals surface area contributed by atoms with Crippen molar-refractivity contribution in [3.63, 3.8) is 0 Å². The van der Waals surface area contributed by atoms with Crippen molar-refractivity contribution in [1.82, 2.24) is 10.3 Å². The van der Waals surface area contributed by atoms with Gasteiger partial charge in [0.15, 0.2) is 0 Å². The third-order valence-corrected chi connectivity index (χ3v) is 4.43. The molecule has 1 N–H and O–H groups in total. The summed E-state index contributed by atoms with van der Waals surface area (Å²) in [6, 6.07) is 11.2. The summed E-state index contributed by atoms with van der Waals surface area (Å²) in [6.07, 6.45) is 2.74. The fourth-order valence-electron chi connectivity index (χ4n) is 2.34. The molecule has 1 atom stereocenters. The Morgan fingerprint density at radius 2 is 2.19 bits per heavy atom. The van der Waals surface area contributed by atoms with Crippen molar-refractivity contribution >= 4 is 21.6 Å². The molecule has 4 heteroatoms. The van der Waals surface area contributed by atoms with Crippen molar-refractivity contribution in [2.24, 2.45) is 0 Å². The minimum absolute atomic E-state index is 0.173. The minimum Gasteiger partial charge on any atom is -0.310 e. The summed E-state index contributed by atoms with van der Waals surface area (Å²) in [5, 5.41) is 5.52. The standard InChI is InChI=1S/C17H17FN2S/c1-12(14-10-17-16(20-11-14)6-8-21-17)19-7-5-13-3-2-4-15(18)9-13/h2-4,6,8-12,19H,5,7H2,1H3. The molecule has 0 aliphatic carbocycles. The number of nitrogens with one attached hydrogen (secondary N) is 1. The SMILES string of the molecule is CC(NCCc1cccc(F)c1)c1cnc2ccsc2c1. The summed E-state index contributed by atoms with van der Waals surface area (Å²) in [4.78, 5) is 4.46. The molecule has 2 aromatic heterocycles. The summed E-state index contributed by atoms with van der Waals surface area (Å²) in [5.74, 6) is -0.173. The lowest BCUT2D eigenvalue weighted by Gasteiger charge is -2.14. The maximum atomic E-state index is 13.1. The molecule has 0 bridgehead atoms. The number of rotatable bonds is 5. The van der Waals surface area contributed by atoms with Crippen molar-refractivity contribution in [3.05, 3.63) is 64.9 Å². The Kier molecular flexibility index (Phi) is 4.27. The predicted molar refractivity (Wildman–Crippen MR) is 86.1 cm³/mol. The molecule has 0 aliphatic rings. The van der Waals surface area contributed by atoms with Crippen molar-refractivity contribution in [2.75, 3.05) is 6.54 Å². The molecule has 0 radical (unpaired) electrons. The fraction of sp³-hybridized carbons (Fsp3) is 0.235. The van der Waals surface area contributed by atoms with E-state index in [9.17, 15) is 4.39 Å². The molecule has 0 amide bonds. The van der Waals surface area contributed by atoms with E-state index in [-0.39, 0.29) is 11.9 Å². The predicted octanol–water partition coefficient (Wildman–Crippen LogP) is 4.33. The zero-order valence-corrected chi connectivity index (χ0v) is 12.7. The molecule has 3 rings (SSSR count). The van der Waals surface area contributed by atoms with Crippen molar-refractivity contribution < 1.29 is 4.39 Å². The van der Waals surface area contributed by atoms with Gasteiger partial charge in [0.1, 0.15) is 5.82 Å². The first-order valence-electron chi connectivity index (χ1n) is 7.03. The van der Waals surface area contributed by atoms with Crippen molar-refractivity contribution in [2.45, 2.75) is 19.4 Å². The normalized spacial score (nSPS) is 12.7. The Hall–Kier alpha value is -1.78. The van der Waals surface area contributed by atoms with Crippen LogP contribution in [0.3, 0.4) is 0 Å². The van der Waals surface area contributed by atoms with Crippen LogP contribution < -0.4 is 5.32 Å². The van der Waals surface area contributed by atoms with Gasteiger partial charge in [0.2, 0.25) is 0 Å². The minimum atomic E-state index is -0.173. The molecule has 2 nitrogen and oxygen atoms in total. The molecular formula is C17H17FN2S. The maximum Gasteiger partial charge on any atom is 0.123 e. The van der Waals surface area contributed by atoms with Gasteiger partial charge in [-0.15, -0.1) is 11.3 Å². The maximum absolute atomic E-state index is 13.1. The number of thiophene rings is 1. The fourth-order valence-corrected chi connectivity index (χ4v) is 3.13. The van der Waals surface area contributed by atoms with Crippen LogP contribution in [0.15, 0.2) is 48.0 Å². The van der Waals surface area contributed by atoms with Gasteiger partial charge in [-0.1, -0.05) is 12.1 Å². The summed E-state index contributed by atoms with van der Waals surface area (Å²) in [7, 11) is 0. The van der Waals surface area contributed by atoms with E-state index < -0.39 is 0 Å². The van der Waals surface area contributed by atoms with E-state index >= 15 is 0 Å². The van der Waals surface area contributed by atoms with E-state index in [2.05, 4.69) is 28.7 Å². The highest BCUT2D eigenvalue weighted by molar-refractivity contribution is 7.17. The van der Waals surface area contributed by atoms with Crippen molar-refractivity contribution in [3.8, 4) is 0 Å². The smallest absolute Gasteiger partial charge is 0.123 e. The Bertz CT molecular complexity index is 738. The molecule has 108 valence electrons. The third kappa shape index (κ3) is 3.46. The first-order valence-corrected chi connectivity index (χ1v) is 7.91. The Labute approximate surface area is 127 Å². The van der Waals surface area contributed by atoms with E-state index in [0.717, 1.165) is 24.0 Å². The van der Waals surface area contributed by atoms with Crippen LogP contribution in [0.25, 0.3) is 10.2 Å². The van der Waals surface area contributed by atoms with Gasteiger partial charge in [-0.25, -0.2) is 4.39 Å². The lowest BCUT2D eigenvalue weighted by Crippen LogP contribution is -2.21. The van der Waals surface area contributed by atoms with Crippen LogP contribution >= 0.6 is 11.3 Å². The van der Waals surface area contributed by atoms with Crippen molar-refractivity contribution in [1.29, 1.82) is 0 Å². The zero-order valence-electron chi connectivity index (χ0n) is 11.8. The number of benzene rings is 1. The molecule has 0 saturated heterocycles. The number of hydrogen-bond acceptors (Lipinski definition) is 3. The number of aromatic nitrogens is 1. The topological polar surface area (TPSA) is 24.9 Å². The summed E-state index contributed by atoms with van der Waals surface area (Å²) < 4.78 is 14.3. The number of pyridine rings is 1. The molecule has 3 aromatic rings. The molecule has 0 saturated carbocycles. The highest BCUT2D eigenvalue weighted by Gasteiger charge is 2.07. The molecular weight excluding hydrogens is 283 g/mol. The van der Waals surface area contributed by atoms with Crippen LogP contribution in [0, 0.1) is 5.82 Å². The quantitative estimate of drug-likeness (QED) is 0.758. The highest BCUT2D eigenvalue weighted by Crippen LogP contribution is 2.22. The van der Waals surface area contributed by atoms with Gasteiger partial charge in [-0.05, 0) is 60.7 Å². The Balaban J connectivity index is 1.59. The van der Waals surface area contributed by atoms with Crippen LogP contribution in [0.2, 0.25) is 0 Å². The lowest BCUT2D eigenvalue weighted by atomic mass is 10.1. The van der Waals surface area contributed by atoms with Crippen LogP contribution in [-0.2, 0) is 6.42 Å². The molecule has 2 heterocycles. The summed E-state index contributed by atoms with van der Waals surface area (Å²) in [5.41, 5.74) is 3.25. The Morgan fingerprint density at radius 1 is 1.29 bits per heavy atom. The third-order valence-electron chi connectivity index (χ3n) is 3.58. The molecule has 0 aliphatic heterocycles. The number of halogens is 1. The van der Waals surface area contributed by atoms with Gasteiger partial charge < -0.3 is 5.32 Å². The van der Waals surface area contributed by atoms with Gasteiger partial charge in [0.25, 0.3) is 0 Å². The second-order valence-corrected chi connectivity index (χ2v) is 6.08. The van der Waals surface area contributed by atoms with E-state index in [4.69, 9.17) is 0 Å². The second-order valence-electron chi connectivity index (χ2n) is 5.13.